The van der Waals surface area contributed by atoms with Crippen LogP contribution in [0, 0.1) is 0 Å². The van der Waals surface area contributed by atoms with Gasteiger partial charge >= 0.3 is 0 Å². The number of thiocarbonyl (C=S) groups is 1. The van der Waals surface area contributed by atoms with Crippen LogP contribution in [0.1, 0.15) is 26.3 Å². The van der Waals surface area contributed by atoms with Crippen molar-refractivity contribution in [1.29, 1.82) is 0 Å². The lowest BCUT2D eigenvalue weighted by Crippen LogP contribution is -3.14. The van der Waals surface area contributed by atoms with Gasteiger partial charge < -0.3 is 24.4 Å². The van der Waals surface area contributed by atoms with E-state index in [1.807, 2.05) is 39.0 Å². The van der Waals surface area contributed by atoms with E-state index in [2.05, 4.69) is 15.8 Å². The van der Waals surface area contributed by atoms with Crippen LogP contribution in [0.3, 0.4) is 0 Å². The molecule has 0 unspecified atom stereocenters. The summed E-state index contributed by atoms with van der Waals surface area (Å²) in [5.74, 6) is 1.57. The van der Waals surface area contributed by atoms with E-state index in [9.17, 15) is 0 Å². The Morgan fingerprint density at radius 2 is 1.96 bits per heavy atom. The van der Waals surface area contributed by atoms with Crippen LogP contribution in [0.2, 0.25) is 0 Å². The van der Waals surface area contributed by atoms with Crippen LogP contribution in [0.5, 0.6) is 11.5 Å². The summed E-state index contributed by atoms with van der Waals surface area (Å²) in [7, 11) is 0. The molecule has 1 aromatic rings. The Hall–Kier alpha value is -1.90. The van der Waals surface area contributed by atoms with E-state index >= 15 is 0 Å². The van der Waals surface area contributed by atoms with Crippen molar-refractivity contribution in [2.24, 2.45) is 5.10 Å². The summed E-state index contributed by atoms with van der Waals surface area (Å²) in [5, 5.41) is 8.12. The molecule has 8 heteroatoms. The summed E-state index contributed by atoms with van der Waals surface area (Å²) in [6.07, 6.45) is 0. The van der Waals surface area contributed by atoms with Crippen molar-refractivity contribution < 1.29 is 19.1 Å². The van der Waals surface area contributed by atoms with E-state index in [-0.39, 0.29) is 0 Å². The lowest BCUT2D eigenvalue weighted by Gasteiger charge is -2.23. The first-order valence-corrected chi connectivity index (χ1v) is 9.94. The van der Waals surface area contributed by atoms with Crippen LogP contribution < -0.4 is 25.1 Å². The van der Waals surface area contributed by atoms with Gasteiger partial charge in [-0.05, 0) is 51.2 Å². The van der Waals surface area contributed by atoms with E-state index in [1.54, 1.807) is 0 Å². The van der Waals surface area contributed by atoms with Gasteiger partial charge in [0.2, 0.25) is 0 Å². The SMILES string of the molecule is CCOc1ccc(OCC)c(/C(C)=N\NC(=S)NCC[NH+]2CCOCC2)c1. The highest BCUT2D eigenvalue weighted by Crippen LogP contribution is 2.25. The highest BCUT2D eigenvalue weighted by atomic mass is 32.1. The second-order valence-electron chi connectivity index (χ2n) is 6.20. The van der Waals surface area contributed by atoms with Gasteiger partial charge in [-0.3, -0.25) is 5.43 Å². The van der Waals surface area contributed by atoms with E-state index < -0.39 is 0 Å². The molecule has 0 atom stereocenters. The quantitative estimate of drug-likeness (QED) is 0.323. The second-order valence-corrected chi connectivity index (χ2v) is 6.61. The van der Waals surface area contributed by atoms with Gasteiger partial charge in [0, 0.05) is 5.56 Å². The van der Waals surface area contributed by atoms with Gasteiger partial charge in [-0.25, -0.2) is 0 Å². The molecule has 0 aromatic heterocycles. The molecule has 1 aliphatic heterocycles. The summed E-state index contributed by atoms with van der Waals surface area (Å²) < 4.78 is 16.7. The molecule has 1 aliphatic rings. The van der Waals surface area contributed by atoms with Gasteiger partial charge in [-0.15, -0.1) is 0 Å². The highest BCUT2D eigenvalue weighted by molar-refractivity contribution is 7.80. The highest BCUT2D eigenvalue weighted by Gasteiger charge is 2.13. The molecule has 150 valence electrons. The van der Waals surface area contributed by atoms with Gasteiger partial charge in [0.1, 0.15) is 24.6 Å². The Morgan fingerprint density at radius 1 is 1.22 bits per heavy atom. The van der Waals surface area contributed by atoms with Gasteiger partial charge in [0.25, 0.3) is 0 Å². The number of hydrogen-bond acceptors (Lipinski definition) is 5. The van der Waals surface area contributed by atoms with Crippen LogP contribution in [-0.4, -0.2) is 63.4 Å². The van der Waals surface area contributed by atoms with Crippen LogP contribution >= 0.6 is 12.2 Å². The standard InChI is InChI=1S/C19H30N4O3S/c1-4-25-16-6-7-18(26-5-2)17(14-16)15(3)21-22-19(27)20-8-9-23-10-12-24-13-11-23/h6-7,14H,4-5,8-13H2,1-3H3,(H2,20,22,27)/p+1/b21-15-. The molecule has 0 aliphatic carbocycles. The van der Waals surface area contributed by atoms with E-state index in [0.717, 1.165) is 62.2 Å². The predicted octanol–water partition coefficient (Wildman–Crippen LogP) is 0.587. The topological polar surface area (TPSA) is 68.5 Å². The van der Waals surface area contributed by atoms with Crippen LogP contribution in [0.25, 0.3) is 0 Å². The normalized spacial score (nSPS) is 15.3. The molecule has 1 fully saturated rings. The summed E-state index contributed by atoms with van der Waals surface area (Å²) in [5.41, 5.74) is 4.58. The van der Waals surface area contributed by atoms with Gasteiger partial charge in [0.15, 0.2) is 5.11 Å². The number of quaternary nitrogens is 1. The van der Waals surface area contributed by atoms with Crippen molar-refractivity contribution >= 4 is 23.0 Å². The third-order valence-corrected chi connectivity index (χ3v) is 4.48. The number of nitrogens with one attached hydrogen (secondary N) is 3. The molecule has 0 saturated carbocycles. The van der Waals surface area contributed by atoms with Crippen molar-refractivity contribution in [2.45, 2.75) is 20.8 Å². The molecule has 27 heavy (non-hydrogen) atoms. The average Bonchev–Trinajstić information content (AvgIpc) is 2.68. The van der Waals surface area contributed by atoms with E-state index in [4.69, 9.17) is 26.4 Å². The van der Waals surface area contributed by atoms with Gasteiger partial charge in [-0.2, -0.15) is 5.10 Å². The van der Waals surface area contributed by atoms with Crippen molar-refractivity contribution in [3.05, 3.63) is 23.8 Å². The molecule has 1 aromatic carbocycles. The number of rotatable bonds is 9. The lowest BCUT2D eigenvalue weighted by molar-refractivity contribution is -0.906. The summed E-state index contributed by atoms with van der Waals surface area (Å²) in [6.45, 7) is 12.6. The lowest BCUT2D eigenvalue weighted by atomic mass is 10.1. The molecule has 1 saturated heterocycles. The smallest absolute Gasteiger partial charge is 0.187 e. The van der Waals surface area contributed by atoms with Crippen molar-refractivity contribution in [3.8, 4) is 11.5 Å². The molecule has 3 N–H and O–H groups in total. The monoisotopic (exact) mass is 395 g/mol. The molecule has 0 spiro atoms. The number of morpholine rings is 1. The fourth-order valence-electron chi connectivity index (χ4n) is 2.83. The van der Waals surface area contributed by atoms with Crippen LogP contribution in [-0.2, 0) is 4.74 Å². The predicted molar refractivity (Wildman–Crippen MR) is 111 cm³/mol. The fraction of sp³-hybridized carbons (Fsp3) is 0.579. The Morgan fingerprint density at radius 3 is 2.67 bits per heavy atom. The minimum atomic E-state index is 0.515. The third-order valence-electron chi connectivity index (χ3n) is 4.24. The first-order chi connectivity index (χ1) is 13.1. The third kappa shape index (κ3) is 7.32. The molecule has 7 nitrogen and oxygen atoms in total. The molecule has 1 heterocycles. The maximum absolute atomic E-state index is 5.70. The Balaban J connectivity index is 1.89. The summed E-state index contributed by atoms with van der Waals surface area (Å²) in [4.78, 5) is 1.53. The Bertz CT molecular complexity index is 633. The zero-order valence-electron chi connectivity index (χ0n) is 16.5. The number of nitrogens with zero attached hydrogens (tertiary/aromatic N) is 1. The van der Waals surface area contributed by atoms with Crippen molar-refractivity contribution in [2.75, 3.05) is 52.6 Å². The molecular formula is C19H31N4O3S+. The van der Waals surface area contributed by atoms with E-state index in [1.165, 1.54) is 4.90 Å². The first kappa shape index (κ1) is 21.4. The van der Waals surface area contributed by atoms with Gasteiger partial charge in [-0.1, -0.05) is 0 Å². The number of ether oxygens (including phenoxy) is 3. The van der Waals surface area contributed by atoms with Gasteiger partial charge in [0.05, 0.1) is 45.2 Å². The van der Waals surface area contributed by atoms with Crippen molar-refractivity contribution in [3.63, 3.8) is 0 Å². The largest absolute Gasteiger partial charge is 0.494 e. The molecule has 0 amide bonds. The fourth-order valence-corrected chi connectivity index (χ4v) is 2.97. The molecular weight excluding hydrogens is 364 g/mol. The number of hydrogen-bond donors (Lipinski definition) is 3. The number of hydrazone groups is 1. The summed E-state index contributed by atoms with van der Waals surface area (Å²) >= 11 is 5.32. The van der Waals surface area contributed by atoms with Crippen LogP contribution in [0.4, 0.5) is 0 Å². The minimum Gasteiger partial charge on any atom is -0.494 e. The summed E-state index contributed by atoms with van der Waals surface area (Å²) in [6, 6.07) is 5.75. The molecule has 2 rings (SSSR count). The second kappa shape index (κ2) is 11.7. The Labute approximate surface area is 167 Å². The van der Waals surface area contributed by atoms with Crippen LogP contribution in [0.15, 0.2) is 23.3 Å². The maximum Gasteiger partial charge on any atom is 0.187 e. The zero-order valence-corrected chi connectivity index (χ0v) is 17.3. The maximum atomic E-state index is 5.70. The molecule has 0 radical (unpaired) electrons. The first-order valence-electron chi connectivity index (χ1n) is 9.53. The zero-order chi connectivity index (χ0) is 19.5. The number of benzene rings is 1. The van der Waals surface area contributed by atoms with Crippen molar-refractivity contribution in [1.82, 2.24) is 10.7 Å². The minimum absolute atomic E-state index is 0.515. The van der Waals surface area contributed by atoms with E-state index in [0.29, 0.717) is 18.3 Å². The Kier molecular flexibility index (Phi) is 9.30. The average molecular weight is 396 g/mol. The molecule has 0 bridgehead atoms.